The van der Waals surface area contributed by atoms with Crippen LogP contribution >= 0.6 is 38.5 Å². The molecule has 4 heteroatoms. The summed E-state index contributed by atoms with van der Waals surface area (Å²) in [5.41, 5.74) is 1.02. The molecule has 0 bridgehead atoms. The van der Waals surface area contributed by atoms with Crippen LogP contribution in [0, 0.1) is 5.82 Å². The van der Waals surface area contributed by atoms with E-state index in [0.29, 0.717) is 16.6 Å². The number of ether oxygens (including phenoxy) is 1. The molecule has 0 spiro atoms. The van der Waals surface area contributed by atoms with Gasteiger partial charge in [0.15, 0.2) is 0 Å². The molecule has 0 N–H and O–H groups in total. The minimum atomic E-state index is -0.638. The predicted molar refractivity (Wildman–Crippen MR) is 91.6 cm³/mol. The van der Waals surface area contributed by atoms with Gasteiger partial charge in [-0.15, -0.1) is 0 Å². The third-order valence-corrected chi connectivity index (χ3v) is 5.43. The summed E-state index contributed by atoms with van der Waals surface area (Å²) in [4.78, 5) is 0. The van der Waals surface area contributed by atoms with Crippen LogP contribution in [0.3, 0.4) is 0 Å². The van der Waals surface area contributed by atoms with Crippen LogP contribution in [0.2, 0.25) is 0 Å². The maximum atomic E-state index is 14.0. The Hall–Kier alpha value is -0.460. The molecule has 0 aliphatic heterocycles. The van der Waals surface area contributed by atoms with E-state index in [9.17, 15) is 4.39 Å². The van der Waals surface area contributed by atoms with Crippen LogP contribution in [0.5, 0.6) is 0 Å². The van der Waals surface area contributed by atoms with Crippen molar-refractivity contribution in [2.24, 2.45) is 0 Å². The molecule has 0 heterocycles. The van der Waals surface area contributed by atoms with Crippen LogP contribution in [0.4, 0.5) is 4.39 Å². The molecule has 1 atom stereocenters. The normalized spacial score (nSPS) is 14.0. The van der Waals surface area contributed by atoms with Crippen LogP contribution in [0.25, 0.3) is 0 Å². The lowest BCUT2D eigenvalue weighted by molar-refractivity contribution is -0.0301. The van der Waals surface area contributed by atoms with Crippen molar-refractivity contribution >= 4 is 38.5 Å². The average Bonchev–Trinajstić information content (AvgIpc) is 2.46. The van der Waals surface area contributed by atoms with Crippen molar-refractivity contribution in [3.8, 4) is 0 Å². The third-order valence-electron chi connectivity index (χ3n) is 3.20. The second kappa shape index (κ2) is 7.00. The molecule has 0 fully saturated rings. The monoisotopic (exact) mass is 448 g/mol. The lowest BCUT2D eigenvalue weighted by Gasteiger charge is -2.29. The van der Waals surface area contributed by atoms with Crippen molar-refractivity contribution in [3.63, 3.8) is 0 Å². The number of hydrogen-bond acceptors (Lipinski definition) is 1. The van der Waals surface area contributed by atoms with Gasteiger partial charge >= 0.3 is 0 Å². The van der Waals surface area contributed by atoms with Crippen molar-refractivity contribution < 1.29 is 9.13 Å². The smallest absolute Gasteiger partial charge is 0.129 e. The first-order valence-corrected chi connectivity index (χ1v) is 8.57. The highest BCUT2D eigenvalue weighted by Gasteiger charge is 2.29. The lowest BCUT2D eigenvalue weighted by atomic mass is 9.97. The fourth-order valence-electron chi connectivity index (χ4n) is 1.93. The molecule has 2 aromatic rings. The molecular weight excluding hydrogens is 434 g/mol. The number of hydrogen-bond donors (Lipinski definition) is 0. The molecule has 20 heavy (non-hydrogen) atoms. The molecule has 2 aromatic carbocycles. The van der Waals surface area contributed by atoms with Gasteiger partial charge in [0.05, 0.1) is 6.61 Å². The van der Waals surface area contributed by atoms with Crippen LogP contribution in [-0.4, -0.2) is 4.43 Å². The molecule has 0 saturated carbocycles. The summed E-state index contributed by atoms with van der Waals surface area (Å²) >= 11 is 5.74. The minimum absolute atomic E-state index is 0.223. The fraction of sp³-hybridized carbons (Fsp3) is 0.250. The highest BCUT2D eigenvalue weighted by molar-refractivity contribution is 14.1. The molecule has 0 radical (unpaired) electrons. The molecule has 2 rings (SSSR count). The summed E-state index contributed by atoms with van der Waals surface area (Å²) in [6.45, 7) is 2.37. The second-order valence-corrected chi connectivity index (χ2v) is 6.34. The largest absolute Gasteiger partial charge is 0.365 e. The summed E-state index contributed by atoms with van der Waals surface area (Å²) < 4.78 is 21.7. The van der Waals surface area contributed by atoms with E-state index in [0.717, 1.165) is 10.0 Å². The van der Waals surface area contributed by atoms with Crippen molar-refractivity contribution in [1.82, 2.24) is 0 Å². The molecule has 0 aliphatic carbocycles. The second-order valence-electron chi connectivity index (χ2n) is 4.72. The van der Waals surface area contributed by atoms with Gasteiger partial charge in [-0.25, -0.2) is 4.39 Å². The zero-order chi connectivity index (χ0) is 14.6. The molecule has 0 amide bonds. The van der Waals surface area contributed by atoms with Crippen LogP contribution in [-0.2, 0) is 16.9 Å². The number of halogens is 3. The zero-order valence-corrected chi connectivity index (χ0v) is 14.8. The highest BCUT2D eigenvalue weighted by Crippen LogP contribution is 2.31. The Balaban J connectivity index is 2.21. The van der Waals surface area contributed by atoms with E-state index in [1.165, 1.54) is 6.07 Å². The van der Waals surface area contributed by atoms with Crippen molar-refractivity contribution in [1.29, 1.82) is 0 Å². The number of benzene rings is 2. The Morgan fingerprint density at radius 3 is 2.45 bits per heavy atom. The number of rotatable bonds is 5. The van der Waals surface area contributed by atoms with Gasteiger partial charge in [-0.05, 0) is 24.6 Å². The van der Waals surface area contributed by atoms with Gasteiger partial charge in [0.25, 0.3) is 0 Å². The molecule has 1 nitrogen and oxygen atoms in total. The first-order chi connectivity index (χ1) is 9.57. The number of alkyl halides is 1. The van der Waals surface area contributed by atoms with Crippen LogP contribution < -0.4 is 0 Å². The zero-order valence-electron chi connectivity index (χ0n) is 11.1. The summed E-state index contributed by atoms with van der Waals surface area (Å²) in [6.07, 6.45) is 0. The van der Waals surface area contributed by atoms with E-state index in [2.05, 4.69) is 38.5 Å². The molecule has 1 unspecified atom stereocenters. The maximum Gasteiger partial charge on any atom is 0.129 e. The summed E-state index contributed by atoms with van der Waals surface area (Å²) in [5, 5.41) is 0. The summed E-state index contributed by atoms with van der Waals surface area (Å²) in [5.74, 6) is -0.223. The van der Waals surface area contributed by atoms with E-state index in [1.54, 1.807) is 12.1 Å². The Morgan fingerprint density at radius 1 is 1.15 bits per heavy atom. The summed E-state index contributed by atoms with van der Waals surface area (Å²) in [7, 11) is 0. The van der Waals surface area contributed by atoms with Crippen LogP contribution in [0.1, 0.15) is 18.1 Å². The first-order valence-electron chi connectivity index (χ1n) is 6.25. The van der Waals surface area contributed by atoms with E-state index in [1.807, 2.05) is 37.3 Å². The van der Waals surface area contributed by atoms with Crippen molar-refractivity contribution in [3.05, 3.63) is 69.9 Å². The molecule has 0 saturated heterocycles. The van der Waals surface area contributed by atoms with Gasteiger partial charge in [-0.3, -0.25) is 0 Å². The van der Waals surface area contributed by atoms with Crippen molar-refractivity contribution in [2.45, 2.75) is 19.1 Å². The Bertz CT molecular complexity index is 590. The van der Waals surface area contributed by atoms with Gasteiger partial charge in [0.2, 0.25) is 0 Å². The van der Waals surface area contributed by atoms with Gasteiger partial charge in [0, 0.05) is 14.5 Å². The predicted octanol–water partition coefficient (Wildman–Crippen LogP) is 5.46. The third kappa shape index (κ3) is 3.59. The van der Waals surface area contributed by atoms with Crippen LogP contribution in [0.15, 0.2) is 53.0 Å². The SMILES string of the molecule is CC(CI)(OCc1ccccc1Br)c1ccccc1F. The fourth-order valence-corrected chi connectivity index (χ4v) is 2.96. The van der Waals surface area contributed by atoms with Crippen molar-refractivity contribution in [2.75, 3.05) is 4.43 Å². The summed E-state index contributed by atoms with van der Waals surface area (Å²) in [6, 6.07) is 14.7. The standard InChI is InChI=1S/C16H15BrFIO/c1-16(11-19,13-7-3-5-9-15(13)18)20-10-12-6-2-4-8-14(12)17/h2-9H,10-11H2,1H3. The van der Waals surface area contributed by atoms with E-state index in [4.69, 9.17) is 4.74 Å². The maximum absolute atomic E-state index is 14.0. The molecule has 106 valence electrons. The Morgan fingerprint density at radius 2 is 1.80 bits per heavy atom. The highest BCUT2D eigenvalue weighted by atomic mass is 127. The van der Waals surface area contributed by atoms with Gasteiger partial charge < -0.3 is 4.74 Å². The topological polar surface area (TPSA) is 9.23 Å². The lowest BCUT2D eigenvalue weighted by Crippen LogP contribution is -2.29. The van der Waals surface area contributed by atoms with Gasteiger partial charge in [0.1, 0.15) is 11.4 Å². The first kappa shape index (κ1) is 15.9. The van der Waals surface area contributed by atoms with E-state index >= 15 is 0 Å². The molecule has 0 aliphatic rings. The Kier molecular flexibility index (Phi) is 5.57. The minimum Gasteiger partial charge on any atom is -0.365 e. The van der Waals surface area contributed by atoms with Gasteiger partial charge in [-0.1, -0.05) is 74.9 Å². The quantitative estimate of drug-likeness (QED) is 0.436. The van der Waals surface area contributed by atoms with E-state index in [-0.39, 0.29) is 5.82 Å². The van der Waals surface area contributed by atoms with E-state index < -0.39 is 5.60 Å². The Labute approximate surface area is 140 Å². The average molecular weight is 449 g/mol. The molecule has 0 aromatic heterocycles. The molecular formula is C16H15BrFIO. The van der Waals surface area contributed by atoms with Gasteiger partial charge in [-0.2, -0.15) is 0 Å².